The predicted octanol–water partition coefficient (Wildman–Crippen LogP) is 0.861. The van der Waals surface area contributed by atoms with Crippen LogP contribution in [0, 0.1) is 0 Å². The van der Waals surface area contributed by atoms with Crippen LogP contribution in [-0.2, 0) is 26.2 Å². The number of hydrogen-bond acceptors (Lipinski definition) is 5. The fourth-order valence-electron chi connectivity index (χ4n) is 2.81. The van der Waals surface area contributed by atoms with Crippen molar-refractivity contribution < 1.29 is 17.9 Å². The third-order valence-electron chi connectivity index (χ3n) is 3.91. The summed E-state index contributed by atoms with van der Waals surface area (Å²) in [5.41, 5.74) is 0.987. The molecule has 0 spiro atoms. The van der Waals surface area contributed by atoms with Crippen molar-refractivity contribution in [1.82, 2.24) is 9.03 Å². The summed E-state index contributed by atoms with van der Waals surface area (Å²) in [6, 6.07) is 1.94. The van der Waals surface area contributed by atoms with Gasteiger partial charge in [0.25, 0.3) is 0 Å². The summed E-state index contributed by atoms with van der Waals surface area (Å²) in [4.78, 5) is 13.6. The van der Waals surface area contributed by atoms with Crippen molar-refractivity contribution in [2.24, 2.45) is 0 Å². The summed E-state index contributed by atoms with van der Waals surface area (Å²) >= 11 is 1.64. The van der Waals surface area contributed by atoms with Crippen LogP contribution < -0.4 is 4.72 Å². The molecule has 0 bridgehead atoms. The summed E-state index contributed by atoms with van der Waals surface area (Å²) in [6.07, 6.45) is 2.60. The third kappa shape index (κ3) is 3.13. The lowest BCUT2D eigenvalue weighted by Gasteiger charge is -2.27. The summed E-state index contributed by atoms with van der Waals surface area (Å²) in [6.45, 7) is 1.31. The first-order valence-electron chi connectivity index (χ1n) is 7.03. The molecule has 0 unspecified atom stereocenters. The molecule has 3 rings (SSSR count). The molecule has 1 aromatic heterocycles. The molecule has 116 valence electrons. The molecule has 1 saturated heterocycles. The predicted molar refractivity (Wildman–Crippen MR) is 79.5 cm³/mol. The maximum atomic E-state index is 12.4. The second kappa shape index (κ2) is 6.04. The van der Waals surface area contributed by atoms with Gasteiger partial charge in [-0.3, -0.25) is 4.79 Å². The van der Waals surface area contributed by atoms with Crippen LogP contribution in [0.15, 0.2) is 11.4 Å². The van der Waals surface area contributed by atoms with Crippen LogP contribution in [0.3, 0.4) is 0 Å². The molecule has 0 saturated carbocycles. The van der Waals surface area contributed by atoms with Crippen molar-refractivity contribution in [1.29, 1.82) is 0 Å². The monoisotopic (exact) mass is 330 g/mol. The first-order chi connectivity index (χ1) is 10.1. The minimum absolute atomic E-state index is 0.289. The van der Waals surface area contributed by atoms with E-state index in [-0.39, 0.29) is 19.0 Å². The third-order valence-corrected chi connectivity index (χ3v) is 6.41. The van der Waals surface area contributed by atoms with Crippen LogP contribution in [0.2, 0.25) is 0 Å². The molecule has 2 heterocycles. The van der Waals surface area contributed by atoms with Crippen molar-refractivity contribution in [3.63, 3.8) is 0 Å². The number of nitrogens with zero attached hydrogens (tertiary/aromatic N) is 1. The molecule has 1 fully saturated rings. The van der Waals surface area contributed by atoms with Crippen molar-refractivity contribution in [3.05, 3.63) is 21.9 Å². The zero-order valence-electron chi connectivity index (χ0n) is 11.6. The second-order valence-electron chi connectivity index (χ2n) is 5.23. The molecule has 1 amide bonds. The van der Waals surface area contributed by atoms with Gasteiger partial charge in [0, 0.05) is 18.0 Å². The van der Waals surface area contributed by atoms with Gasteiger partial charge in [-0.25, -0.2) is 4.72 Å². The molecule has 1 atom stereocenters. The van der Waals surface area contributed by atoms with Crippen molar-refractivity contribution in [2.75, 3.05) is 26.3 Å². The lowest BCUT2D eigenvalue weighted by Crippen LogP contribution is -2.49. The van der Waals surface area contributed by atoms with E-state index in [0.717, 1.165) is 18.4 Å². The van der Waals surface area contributed by atoms with Crippen molar-refractivity contribution in [3.8, 4) is 0 Å². The fourth-order valence-corrected chi connectivity index (χ4v) is 4.95. The van der Waals surface area contributed by atoms with Crippen LogP contribution in [0.4, 0.5) is 0 Å². The Morgan fingerprint density at radius 2 is 2.14 bits per heavy atom. The highest BCUT2D eigenvalue weighted by molar-refractivity contribution is 7.87. The van der Waals surface area contributed by atoms with E-state index < -0.39 is 16.1 Å². The number of ether oxygens (including phenoxy) is 1. The van der Waals surface area contributed by atoms with E-state index in [0.29, 0.717) is 19.6 Å². The number of fused-ring (bicyclic) bond motifs is 1. The first kappa shape index (κ1) is 15.0. The van der Waals surface area contributed by atoms with Gasteiger partial charge in [-0.1, -0.05) is 0 Å². The lowest BCUT2D eigenvalue weighted by molar-refractivity contribution is -0.121. The molecule has 0 aromatic carbocycles. The maximum absolute atomic E-state index is 12.4. The van der Waals surface area contributed by atoms with Crippen molar-refractivity contribution in [2.45, 2.75) is 25.2 Å². The number of hydrogen-bond donors (Lipinski definition) is 1. The Morgan fingerprint density at radius 3 is 2.90 bits per heavy atom. The van der Waals surface area contributed by atoms with E-state index in [4.69, 9.17) is 4.74 Å². The number of rotatable bonds is 3. The highest BCUT2D eigenvalue weighted by Gasteiger charge is 2.32. The SMILES string of the molecule is O=C(NS(=O)(=O)N1CCOCC1)[C@H]1CCCc2sccc21. The topological polar surface area (TPSA) is 75.7 Å². The van der Waals surface area contributed by atoms with Crippen LogP contribution in [0.1, 0.15) is 29.2 Å². The smallest absolute Gasteiger partial charge is 0.303 e. The summed E-state index contributed by atoms with van der Waals surface area (Å²) in [7, 11) is -3.76. The van der Waals surface area contributed by atoms with Gasteiger partial charge < -0.3 is 4.74 Å². The van der Waals surface area contributed by atoms with E-state index in [2.05, 4.69) is 4.72 Å². The number of morpholine rings is 1. The first-order valence-corrected chi connectivity index (χ1v) is 9.35. The Balaban J connectivity index is 1.72. The summed E-state index contributed by atoms with van der Waals surface area (Å²) in [5, 5.41) is 1.97. The normalized spacial score (nSPS) is 23.5. The Kier molecular flexibility index (Phi) is 4.30. The van der Waals surface area contributed by atoms with E-state index in [1.807, 2.05) is 11.4 Å². The fraction of sp³-hybridized carbons (Fsp3) is 0.615. The number of thiophene rings is 1. The van der Waals surface area contributed by atoms with Crippen LogP contribution in [-0.4, -0.2) is 44.9 Å². The van der Waals surface area contributed by atoms with E-state index in [9.17, 15) is 13.2 Å². The maximum Gasteiger partial charge on any atom is 0.303 e. The van der Waals surface area contributed by atoms with Crippen LogP contribution >= 0.6 is 11.3 Å². The standard InChI is InChI=1S/C13H18N2O4S2/c16-13(11-2-1-3-12-10(11)4-9-20-12)14-21(17,18)15-5-7-19-8-6-15/h4,9,11H,1-3,5-8H2,(H,14,16)/t11-/m0/s1. The highest BCUT2D eigenvalue weighted by Crippen LogP contribution is 2.35. The van der Waals surface area contributed by atoms with Gasteiger partial charge in [-0.05, 0) is 36.3 Å². The largest absolute Gasteiger partial charge is 0.379 e. The zero-order chi connectivity index (χ0) is 14.9. The van der Waals surface area contributed by atoms with Gasteiger partial charge in [-0.15, -0.1) is 11.3 Å². The Hall–Kier alpha value is -0.960. The quantitative estimate of drug-likeness (QED) is 0.892. The lowest BCUT2D eigenvalue weighted by atomic mass is 9.87. The highest BCUT2D eigenvalue weighted by atomic mass is 32.2. The number of amides is 1. The minimum atomic E-state index is -3.76. The van der Waals surface area contributed by atoms with E-state index >= 15 is 0 Å². The molecule has 1 aromatic rings. The van der Waals surface area contributed by atoms with E-state index in [1.165, 1.54) is 9.18 Å². The van der Waals surface area contributed by atoms with Crippen LogP contribution in [0.25, 0.3) is 0 Å². The molecule has 1 aliphatic heterocycles. The molecule has 21 heavy (non-hydrogen) atoms. The Bertz CT molecular complexity index is 620. The Labute approximate surface area is 128 Å². The molecular formula is C13H18N2O4S2. The molecule has 1 aliphatic carbocycles. The molecule has 0 radical (unpaired) electrons. The number of carbonyl (C=O) groups is 1. The van der Waals surface area contributed by atoms with Gasteiger partial charge in [0.1, 0.15) is 0 Å². The van der Waals surface area contributed by atoms with Gasteiger partial charge >= 0.3 is 10.2 Å². The molecular weight excluding hydrogens is 312 g/mol. The number of carbonyl (C=O) groups excluding carboxylic acids is 1. The van der Waals surface area contributed by atoms with Gasteiger partial charge in [-0.2, -0.15) is 12.7 Å². The molecule has 8 heteroatoms. The zero-order valence-corrected chi connectivity index (χ0v) is 13.2. The summed E-state index contributed by atoms with van der Waals surface area (Å²) < 4.78 is 33.1. The van der Waals surface area contributed by atoms with Gasteiger partial charge in [0.15, 0.2) is 0 Å². The molecule has 1 N–H and O–H groups in total. The number of aryl methyl sites for hydroxylation is 1. The average molecular weight is 330 g/mol. The number of nitrogens with one attached hydrogen (secondary N) is 1. The van der Waals surface area contributed by atoms with Crippen molar-refractivity contribution >= 4 is 27.5 Å². The average Bonchev–Trinajstić information content (AvgIpc) is 2.96. The van der Waals surface area contributed by atoms with Gasteiger partial charge in [0.05, 0.1) is 19.1 Å². The van der Waals surface area contributed by atoms with Gasteiger partial charge in [0.2, 0.25) is 5.91 Å². The Morgan fingerprint density at radius 1 is 1.38 bits per heavy atom. The minimum Gasteiger partial charge on any atom is -0.379 e. The summed E-state index contributed by atoms with van der Waals surface area (Å²) in [5.74, 6) is -0.767. The molecule has 6 nitrogen and oxygen atoms in total. The van der Waals surface area contributed by atoms with E-state index in [1.54, 1.807) is 11.3 Å². The van der Waals surface area contributed by atoms with Crippen LogP contribution in [0.5, 0.6) is 0 Å². The molecule has 2 aliphatic rings. The second-order valence-corrected chi connectivity index (χ2v) is 7.90.